The Bertz CT molecular complexity index is 287. The van der Waals surface area contributed by atoms with Crippen molar-refractivity contribution in [2.24, 2.45) is 5.73 Å². The summed E-state index contributed by atoms with van der Waals surface area (Å²) >= 11 is 5.07. The van der Waals surface area contributed by atoms with Crippen LogP contribution >= 0.6 is 27.3 Å². The van der Waals surface area contributed by atoms with Crippen molar-refractivity contribution in [1.29, 1.82) is 0 Å². The smallest absolute Gasteiger partial charge is 0.176 e. The maximum atomic E-state index is 6.08. The van der Waals surface area contributed by atoms with Crippen LogP contribution in [-0.2, 0) is 9.47 Å². The van der Waals surface area contributed by atoms with Crippen LogP contribution in [0.25, 0.3) is 0 Å². The molecular weight excluding hydrogens is 278 g/mol. The van der Waals surface area contributed by atoms with E-state index in [0.717, 1.165) is 10.0 Å². The van der Waals surface area contributed by atoms with Gasteiger partial charge in [-0.15, -0.1) is 0 Å². The Kier molecular flexibility index (Phi) is 5.78. The Hall–Kier alpha value is 0.0600. The van der Waals surface area contributed by atoms with Gasteiger partial charge in [-0.2, -0.15) is 11.3 Å². The van der Waals surface area contributed by atoms with Crippen LogP contribution in [0.15, 0.2) is 15.2 Å². The quantitative estimate of drug-likeness (QED) is 0.820. The van der Waals surface area contributed by atoms with Crippen molar-refractivity contribution in [2.75, 3.05) is 13.2 Å². The van der Waals surface area contributed by atoms with Gasteiger partial charge >= 0.3 is 0 Å². The maximum absolute atomic E-state index is 6.08. The van der Waals surface area contributed by atoms with Crippen LogP contribution < -0.4 is 5.73 Å². The van der Waals surface area contributed by atoms with Crippen LogP contribution in [0.5, 0.6) is 0 Å². The normalized spacial score (nSPS) is 13.4. The molecule has 2 N–H and O–H groups in total. The van der Waals surface area contributed by atoms with Gasteiger partial charge in [-0.1, -0.05) is 0 Å². The van der Waals surface area contributed by atoms with Gasteiger partial charge in [0.25, 0.3) is 0 Å². The standard InChI is InChI=1S/C10H16BrNO2S/c1-3-13-10(14-4-2)9(12)7-5-15-6-8(7)11/h5-6,9-10H,3-4,12H2,1-2H3. The lowest BCUT2D eigenvalue weighted by Crippen LogP contribution is -2.31. The summed E-state index contributed by atoms with van der Waals surface area (Å²) in [6.45, 7) is 5.06. The Labute approximate surface area is 103 Å². The lowest BCUT2D eigenvalue weighted by Gasteiger charge is -2.23. The lowest BCUT2D eigenvalue weighted by atomic mass is 10.1. The minimum atomic E-state index is -0.370. The molecule has 86 valence electrons. The molecule has 1 aromatic rings. The topological polar surface area (TPSA) is 44.5 Å². The van der Waals surface area contributed by atoms with E-state index in [-0.39, 0.29) is 12.3 Å². The van der Waals surface area contributed by atoms with Gasteiger partial charge in [-0.25, -0.2) is 0 Å². The van der Waals surface area contributed by atoms with E-state index in [9.17, 15) is 0 Å². The summed E-state index contributed by atoms with van der Waals surface area (Å²) in [5.41, 5.74) is 7.12. The molecule has 0 amide bonds. The van der Waals surface area contributed by atoms with E-state index in [1.54, 1.807) is 11.3 Å². The molecule has 1 aromatic heterocycles. The Balaban J connectivity index is 2.71. The molecule has 1 unspecified atom stereocenters. The van der Waals surface area contributed by atoms with Gasteiger partial charge in [0.05, 0.1) is 6.04 Å². The zero-order valence-corrected chi connectivity index (χ0v) is 11.3. The molecule has 1 heterocycles. The van der Waals surface area contributed by atoms with E-state index in [1.165, 1.54) is 0 Å². The summed E-state index contributed by atoms with van der Waals surface area (Å²) in [7, 11) is 0. The van der Waals surface area contributed by atoms with Crippen LogP contribution in [0.2, 0.25) is 0 Å². The number of hydrogen-bond donors (Lipinski definition) is 1. The van der Waals surface area contributed by atoms with Gasteiger partial charge < -0.3 is 15.2 Å². The highest BCUT2D eigenvalue weighted by Gasteiger charge is 2.22. The summed E-state index contributed by atoms with van der Waals surface area (Å²) < 4.78 is 11.9. The molecule has 0 aliphatic heterocycles. The van der Waals surface area contributed by atoms with Gasteiger partial charge in [-0.05, 0) is 40.7 Å². The molecule has 0 bridgehead atoms. The van der Waals surface area contributed by atoms with E-state index in [0.29, 0.717) is 13.2 Å². The van der Waals surface area contributed by atoms with E-state index < -0.39 is 0 Å². The molecule has 0 aliphatic carbocycles. The zero-order chi connectivity index (χ0) is 11.3. The Morgan fingerprint density at radius 1 is 1.33 bits per heavy atom. The first-order chi connectivity index (χ1) is 7.20. The highest BCUT2D eigenvalue weighted by atomic mass is 79.9. The second-order valence-electron chi connectivity index (χ2n) is 2.98. The maximum Gasteiger partial charge on any atom is 0.176 e. The molecule has 0 radical (unpaired) electrons. The highest BCUT2D eigenvalue weighted by molar-refractivity contribution is 9.10. The van der Waals surface area contributed by atoms with Crippen molar-refractivity contribution in [3.63, 3.8) is 0 Å². The van der Waals surface area contributed by atoms with Gasteiger partial charge in [0, 0.05) is 23.1 Å². The van der Waals surface area contributed by atoms with Gasteiger partial charge in [0.2, 0.25) is 0 Å². The number of nitrogens with two attached hydrogens (primary N) is 1. The highest BCUT2D eigenvalue weighted by Crippen LogP contribution is 2.29. The second kappa shape index (κ2) is 6.60. The summed E-state index contributed by atoms with van der Waals surface area (Å²) in [5.74, 6) is 0. The van der Waals surface area contributed by atoms with Crippen molar-refractivity contribution in [3.05, 3.63) is 20.8 Å². The van der Waals surface area contributed by atoms with Crippen LogP contribution in [0, 0.1) is 0 Å². The minimum Gasteiger partial charge on any atom is -0.351 e. The summed E-state index contributed by atoms with van der Waals surface area (Å²) in [4.78, 5) is 0. The number of halogens is 1. The van der Waals surface area contributed by atoms with Crippen molar-refractivity contribution in [2.45, 2.75) is 26.2 Å². The minimum absolute atomic E-state index is 0.245. The summed E-state index contributed by atoms with van der Waals surface area (Å²) in [6.07, 6.45) is -0.370. The third kappa shape index (κ3) is 3.53. The van der Waals surface area contributed by atoms with Gasteiger partial charge in [0.15, 0.2) is 6.29 Å². The van der Waals surface area contributed by atoms with Gasteiger partial charge in [0.1, 0.15) is 0 Å². The van der Waals surface area contributed by atoms with Crippen LogP contribution in [0.4, 0.5) is 0 Å². The fourth-order valence-corrected chi connectivity index (χ4v) is 2.87. The lowest BCUT2D eigenvalue weighted by molar-refractivity contribution is -0.149. The number of thiophene rings is 1. The number of hydrogen-bond acceptors (Lipinski definition) is 4. The van der Waals surface area contributed by atoms with Crippen LogP contribution in [0.1, 0.15) is 25.5 Å². The molecule has 0 fully saturated rings. The van der Waals surface area contributed by atoms with E-state index >= 15 is 0 Å². The van der Waals surface area contributed by atoms with Crippen molar-refractivity contribution < 1.29 is 9.47 Å². The fraction of sp³-hybridized carbons (Fsp3) is 0.600. The molecule has 3 nitrogen and oxygen atoms in total. The largest absolute Gasteiger partial charge is 0.351 e. The average Bonchev–Trinajstić information content (AvgIpc) is 2.63. The van der Waals surface area contributed by atoms with Crippen LogP contribution in [-0.4, -0.2) is 19.5 Å². The summed E-state index contributed by atoms with van der Waals surface area (Å²) in [6, 6.07) is -0.245. The fourth-order valence-electron chi connectivity index (χ4n) is 1.26. The first-order valence-corrected chi connectivity index (χ1v) is 6.64. The zero-order valence-electron chi connectivity index (χ0n) is 8.90. The van der Waals surface area contributed by atoms with Crippen molar-refractivity contribution in [3.8, 4) is 0 Å². The second-order valence-corrected chi connectivity index (χ2v) is 4.58. The number of ether oxygens (including phenoxy) is 2. The van der Waals surface area contributed by atoms with E-state index in [2.05, 4.69) is 15.9 Å². The molecule has 0 spiro atoms. The van der Waals surface area contributed by atoms with Crippen molar-refractivity contribution >= 4 is 27.3 Å². The average molecular weight is 294 g/mol. The Morgan fingerprint density at radius 3 is 2.33 bits per heavy atom. The van der Waals surface area contributed by atoms with Crippen LogP contribution in [0.3, 0.4) is 0 Å². The van der Waals surface area contributed by atoms with Gasteiger partial charge in [-0.3, -0.25) is 0 Å². The predicted octanol–water partition coefficient (Wildman–Crippen LogP) is 2.91. The third-order valence-electron chi connectivity index (χ3n) is 1.96. The molecular formula is C10H16BrNO2S. The molecule has 5 heteroatoms. The van der Waals surface area contributed by atoms with Crippen molar-refractivity contribution in [1.82, 2.24) is 0 Å². The molecule has 1 rings (SSSR count). The van der Waals surface area contributed by atoms with E-state index in [1.807, 2.05) is 24.6 Å². The molecule has 15 heavy (non-hydrogen) atoms. The molecule has 0 saturated heterocycles. The molecule has 0 aromatic carbocycles. The predicted molar refractivity (Wildman–Crippen MR) is 66.0 cm³/mol. The Morgan fingerprint density at radius 2 is 1.93 bits per heavy atom. The SMILES string of the molecule is CCOC(OCC)C(N)c1cscc1Br. The molecule has 1 atom stereocenters. The summed E-state index contributed by atoms with van der Waals surface area (Å²) in [5, 5.41) is 4.02. The monoisotopic (exact) mass is 293 g/mol. The third-order valence-corrected chi connectivity index (χ3v) is 3.71. The molecule has 0 aliphatic rings. The van der Waals surface area contributed by atoms with E-state index in [4.69, 9.17) is 15.2 Å². The first-order valence-electron chi connectivity index (χ1n) is 4.91. The number of rotatable bonds is 6. The molecule has 0 saturated carbocycles. The first kappa shape index (κ1) is 13.1.